The number of hydrogen-bond acceptors (Lipinski definition) is 7. The summed E-state index contributed by atoms with van der Waals surface area (Å²) in [5, 5.41) is 0. The molecule has 0 bridgehead atoms. The first-order valence-corrected chi connectivity index (χ1v) is 5.86. The molecule has 2 N–H and O–H groups in total. The van der Waals surface area contributed by atoms with Gasteiger partial charge in [-0.25, -0.2) is 9.59 Å². The summed E-state index contributed by atoms with van der Waals surface area (Å²) in [6, 6.07) is 1.50. The van der Waals surface area contributed by atoms with Gasteiger partial charge in [0.25, 0.3) is 0 Å². The molecular formula is C9H11N3O4S. The standard InChI is InChI=1S/C9H11N3O4S/c1-15-7(13)8-16-6(4-17-8)12-3-2-5(10)11-9(12)14/h2-3,6,8H,4H2,1H3,(H2,10,11,14)/t6-,8+/m0/s1. The van der Waals surface area contributed by atoms with Crippen LogP contribution in [0.15, 0.2) is 17.1 Å². The molecule has 0 unspecified atom stereocenters. The smallest absolute Gasteiger partial charge is 0.351 e. The van der Waals surface area contributed by atoms with E-state index in [1.165, 1.54) is 35.7 Å². The first-order chi connectivity index (χ1) is 8.11. The normalized spacial score (nSPS) is 23.6. The van der Waals surface area contributed by atoms with Crippen molar-refractivity contribution in [1.29, 1.82) is 0 Å². The van der Waals surface area contributed by atoms with Crippen LogP contribution >= 0.6 is 11.8 Å². The van der Waals surface area contributed by atoms with Crippen molar-refractivity contribution in [2.24, 2.45) is 0 Å². The summed E-state index contributed by atoms with van der Waals surface area (Å²) in [6.07, 6.45) is 0.972. The van der Waals surface area contributed by atoms with Crippen molar-refractivity contribution in [3.63, 3.8) is 0 Å². The summed E-state index contributed by atoms with van der Waals surface area (Å²) < 4.78 is 11.2. The number of nitrogens with two attached hydrogens (primary N) is 1. The maximum absolute atomic E-state index is 11.5. The quantitative estimate of drug-likeness (QED) is 0.719. The summed E-state index contributed by atoms with van der Waals surface area (Å²) >= 11 is 1.28. The van der Waals surface area contributed by atoms with Crippen LogP contribution in [0.4, 0.5) is 5.82 Å². The number of rotatable bonds is 2. The number of nitrogen functional groups attached to an aromatic ring is 1. The molecule has 2 atom stereocenters. The van der Waals surface area contributed by atoms with Crippen molar-refractivity contribution >= 4 is 23.5 Å². The Morgan fingerprint density at radius 2 is 2.53 bits per heavy atom. The van der Waals surface area contributed by atoms with Gasteiger partial charge in [0, 0.05) is 11.9 Å². The van der Waals surface area contributed by atoms with Crippen LogP contribution < -0.4 is 11.4 Å². The van der Waals surface area contributed by atoms with Gasteiger partial charge >= 0.3 is 11.7 Å². The molecule has 7 nitrogen and oxygen atoms in total. The molecule has 1 aliphatic heterocycles. The van der Waals surface area contributed by atoms with Crippen LogP contribution in [0.25, 0.3) is 0 Å². The van der Waals surface area contributed by atoms with Gasteiger partial charge in [-0.2, -0.15) is 4.98 Å². The van der Waals surface area contributed by atoms with E-state index in [0.717, 1.165) is 0 Å². The van der Waals surface area contributed by atoms with E-state index in [2.05, 4.69) is 9.72 Å². The van der Waals surface area contributed by atoms with Crippen LogP contribution in [-0.4, -0.2) is 33.8 Å². The Bertz CT molecular complexity index is 489. The number of anilines is 1. The summed E-state index contributed by atoms with van der Waals surface area (Å²) in [4.78, 5) is 26.4. The maximum atomic E-state index is 11.5. The Balaban J connectivity index is 2.15. The fourth-order valence-electron chi connectivity index (χ4n) is 1.40. The molecule has 92 valence electrons. The summed E-state index contributed by atoms with van der Waals surface area (Å²) in [5.41, 5.74) is 4.18. The van der Waals surface area contributed by atoms with Gasteiger partial charge in [-0.1, -0.05) is 0 Å². The second kappa shape index (κ2) is 4.76. The van der Waals surface area contributed by atoms with E-state index >= 15 is 0 Å². The molecule has 0 saturated carbocycles. The van der Waals surface area contributed by atoms with Gasteiger partial charge in [-0.15, -0.1) is 11.8 Å². The van der Waals surface area contributed by atoms with Crippen molar-refractivity contribution < 1.29 is 14.3 Å². The predicted molar refractivity (Wildman–Crippen MR) is 61.3 cm³/mol. The molecule has 0 aliphatic carbocycles. The number of carbonyl (C=O) groups excluding carboxylic acids is 1. The van der Waals surface area contributed by atoms with Crippen molar-refractivity contribution in [3.05, 3.63) is 22.7 Å². The Morgan fingerprint density at radius 3 is 3.18 bits per heavy atom. The average Bonchev–Trinajstić information content (AvgIpc) is 2.77. The molecule has 0 aromatic carbocycles. The van der Waals surface area contributed by atoms with Gasteiger partial charge in [0.2, 0.25) is 5.44 Å². The molecule has 17 heavy (non-hydrogen) atoms. The van der Waals surface area contributed by atoms with Crippen LogP contribution in [0.1, 0.15) is 6.23 Å². The van der Waals surface area contributed by atoms with Gasteiger partial charge in [-0.05, 0) is 6.07 Å². The van der Waals surface area contributed by atoms with Crippen LogP contribution in [0, 0.1) is 0 Å². The lowest BCUT2D eigenvalue weighted by atomic mass is 10.5. The number of hydrogen-bond donors (Lipinski definition) is 1. The van der Waals surface area contributed by atoms with Gasteiger partial charge in [-0.3, -0.25) is 4.57 Å². The maximum Gasteiger partial charge on any atom is 0.351 e. The first-order valence-electron chi connectivity index (χ1n) is 4.81. The molecule has 0 amide bonds. The second-order valence-electron chi connectivity index (χ2n) is 3.32. The molecule has 2 heterocycles. The lowest BCUT2D eigenvalue weighted by Gasteiger charge is -2.13. The zero-order valence-electron chi connectivity index (χ0n) is 9.03. The zero-order chi connectivity index (χ0) is 12.4. The number of thioether (sulfide) groups is 1. The largest absolute Gasteiger partial charge is 0.466 e. The summed E-state index contributed by atoms with van der Waals surface area (Å²) in [6.45, 7) is 0. The van der Waals surface area contributed by atoms with E-state index in [1.54, 1.807) is 0 Å². The van der Waals surface area contributed by atoms with Crippen LogP contribution in [0.5, 0.6) is 0 Å². The van der Waals surface area contributed by atoms with Crippen LogP contribution in [-0.2, 0) is 14.3 Å². The molecule has 8 heteroatoms. The predicted octanol–water partition coefficient (Wildman–Crippen LogP) is -0.413. The highest BCUT2D eigenvalue weighted by Crippen LogP contribution is 2.31. The van der Waals surface area contributed by atoms with E-state index in [-0.39, 0.29) is 5.82 Å². The highest BCUT2D eigenvalue weighted by Gasteiger charge is 2.33. The lowest BCUT2D eigenvalue weighted by molar-refractivity contribution is -0.151. The molecule has 1 aromatic rings. The highest BCUT2D eigenvalue weighted by atomic mass is 32.2. The fraction of sp³-hybridized carbons (Fsp3) is 0.444. The minimum absolute atomic E-state index is 0.154. The highest BCUT2D eigenvalue weighted by molar-refractivity contribution is 8.00. The van der Waals surface area contributed by atoms with E-state index in [9.17, 15) is 9.59 Å². The van der Waals surface area contributed by atoms with Gasteiger partial charge in [0.1, 0.15) is 12.0 Å². The minimum atomic E-state index is -0.700. The second-order valence-corrected chi connectivity index (χ2v) is 4.42. The molecular weight excluding hydrogens is 246 g/mol. The Morgan fingerprint density at radius 1 is 1.76 bits per heavy atom. The Hall–Kier alpha value is -1.54. The Labute approximate surface area is 101 Å². The van der Waals surface area contributed by atoms with E-state index in [4.69, 9.17) is 10.5 Å². The zero-order valence-corrected chi connectivity index (χ0v) is 9.85. The number of methoxy groups -OCH3 is 1. The lowest BCUT2D eigenvalue weighted by Crippen LogP contribution is -2.29. The third-order valence-electron chi connectivity index (χ3n) is 2.23. The molecule has 0 radical (unpaired) electrons. The van der Waals surface area contributed by atoms with Crippen molar-refractivity contribution in [3.8, 4) is 0 Å². The van der Waals surface area contributed by atoms with Crippen LogP contribution in [0.2, 0.25) is 0 Å². The third-order valence-corrected chi connectivity index (χ3v) is 3.31. The number of carbonyl (C=O) groups is 1. The average molecular weight is 257 g/mol. The Kier molecular flexibility index (Phi) is 3.34. The molecule has 1 fully saturated rings. The van der Waals surface area contributed by atoms with E-state index in [1.807, 2.05) is 0 Å². The van der Waals surface area contributed by atoms with Crippen LogP contribution in [0.3, 0.4) is 0 Å². The monoisotopic (exact) mass is 257 g/mol. The van der Waals surface area contributed by atoms with Crippen molar-refractivity contribution in [1.82, 2.24) is 9.55 Å². The third kappa shape index (κ3) is 2.42. The summed E-state index contributed by atoms with van der Waals surface area (Å²) in [7, 11) is 1.29. The number of nitrogens with zero attached hydrogens (tertiary/aromatic N) is 2. The molecule has 1 aromatic heterocycles. The van der Waals surface area contributed by atoms with Gasteiger partial charge in [0.05, 0.1) is 7.11 Å². The first kappa shape index (κ1) is 11.9. The molecule has 0 spiro atoms. The SMILES string of the molecule is COC(=O)[C@@H]1O[C@H](n2ccc(N)nc2=O)CS1. The molecule has 1 aliphatic rings. The minimum Gasteiger partial charge on any atom is -0.466 e. The topological polar surface area (TPSA) is 96.4 Å². The number of ether oxygens (including phenoxy) is 2. The van der Waals surface area contributed by atoms with Crippen molar-refractivity contribution in [2.45, 2.75) is 11.7 Å². The van der Waals surface area contributed by atoms with E-state index < -0.39 is 23.3 Å². The number of aromatic nitrogens is 2. The van der Waals surface area contributed by atoms with Gasteiger partial charge < -0.3 is 15.2 Å². The molecule has 2 rings (SSSR count). The number of esters is 1. The van der Waals surface area contributed by atoms with E-state index in [0.29, 0.717) is 5.75 Å². The fourth-order valence-corrected chi connectivity index (χ4v) is 2.42. The summed E-state index contributed by atoms with van der Waals surface area (Å²) in [5.74, 6) is 0.168. The van der Waals surface area contributed by atoms with Crippen molar-refractivity contribution in [2.75, 3.05) is 18.6 Å². The van der Waals surface area contributed by atoms with Gasteiger partial charge in [0.15, 0.2) is 0 Å². The molecule has 1 saturated heterocycles.